The first-order valence-electron chi connectivity index (χ1n) is 8.69. The van der Waals surface area contributed by atoms with Crippen molar-refractivity contribution < 1.29 is 23.6 Å². The summed E-state index contributed by atoms with van der Waals surface area (Å²) in [7, 11) is 0. The number of benzene rings is 2. The van der Waals surface area contributed by atoms with E-state index in [-0.39, 0.29) is 11.6 Å². The van der Waals surface area contributed by atoms with Crippen LogP contribution in [0.2, 0.25) is 0 Å². The Morgan fingerprint density at radius 3 is 2.70 bits per heavy atom. The van der Waals surface area contributed by atoms with Gasteiger partial charge < -0.3 is 14.4 Å². The minimum Gasteiger partial charge on any atom is -0.486 e. The second-order valence-electron chi connectivity index (χ2n) is 6.48. The summed E-state index contributed by atoms with van der Waals surface area (Å²) in [6, 6.07) is 8.19. The Balaban J connectivity index is 1.67. The summed E-state index contributed by atoms with van der Waals surface area (Å²) in [6.45, 7) is 1.40. The van der Waals surface area contributed by atoms with E-state index < -0.39 is 22.3 Å². The van der Waals surface area contributed by atoms with Crippen molar-refractivity contribution in [1.29, 1.82) is 0 Å². The highest BCUT2D eigenvalue weighted by molar-refractivity contribution is 5.98. The zero-order chi connectivity index (χ0) is 19.0. The molecule has 0 bridgehead atoms. The van der Waals surface area contributed by atoms with Crippen LogP contribution in [0, 0.1) is 15.9 Å². The van der Waals surface area contributed by atoms with Gasteiger partial charge in [-0.25, -0.2) is 4.39 Å². The SMILES string of the molecule is O=C(c1cc(F)ccc1[N+](=O)[O-])N1CCC[C@@H]1c1ccc2c(c1)OCCO2. The molecular weight excluding hydrogens is 355 g/mol. The van der Waals surface area contributed by atoms with Crippen molar-refractivity contribution in [1.82, 2.24) is 4.90 Å². The van der Waals surface area contributed by atoms with Gasteiger partial charge in [-0.05, 0) is 42.7 Å². The van der Waals surface area contributed by atoms with E-state index in [1.165, 1.54) is 0 Å². The number of halogens is 1. The van der Waals surface area contributed by atoms with Crippen LogP contribution in [-0.4, -0.2) is 35.5 Å². The Bertz CT molecular complexity index is 917. The van der Waals surface area contributed by atoms with Crippen LogP contribution in [0.25, 0.3) is 0 Å². The van der Waals surface area contributed by atoms with Crippen LogP contribution in [0.3, 0.4) is 0 Å². The zero-order valence-corrected chi connectivity index (χ0v) is 14.4. The Hall–Kier alpha value is -3.16. The average molecular weight is 372 g/mol. The Labute approximate surface area is 154 Å². The molecule has 7 nitrogen and oxygen atoms in total. The summed E-state index contributed by atoms with van der Waals surface area (Å²) >= 11 is 0. The number of carbonyl (C=O) groups is 1. The molecule has 0 saturated carbocycles. The van der Waals surface area contributed by atoms with Gasteiger partial charge in [-0.3, -0.25) is 14.9 Å². The van der Waals surface area contributed by atoms with Crippen molar-refractivity contribution in [3.8, 4) is 11.5 Å². The van der Waals surface area contributed by atoms with E-state index in [1.807, 2.05) is 12.1 Å². The van der Waals surface area contributed by atoms with Crippen molar-refractivity contribution >= 4 is 11.6 Å². The standard InChI is InChI=1S/C19H17FN2O5/c20-13-4-5-16(22(24)25)14(11-13)19(23)21-7-1-2-15(21)12-3-6-17-18(10-12)27-9-8-26-17/h3-6,10-11,15H,1-2,7-9H2/t15-/m1/s1. The third-order valence-electron chi connectivity index (χ3n) is 4.85. The first-order chi connectivity index (χ1) is 13.0. The quantitative estimate of drug-likeness (QED) is 0.609. The van der Waals surface area contributed by atoms with Gasteiger partial charge in [-0.15, -0.1) is 0 Å². The molecule has 0 N–H and O–H groups in total. The number of hydrogen-bond acceptors (Lipinski definition) is 5. The molecule has 2 aromatic carbocycles. The summed E-state index contributed by atoms with van der Waals surface area (Å²) in [5.74, 6) is 0.0500. The Morgan fingerprint density at radius 1 is 1.15 bits per heavy atom. The molecule has 2 heterocycles. The molecule has 1 atom stereocenters. The van der Waals surface area contributed by atoms with Gasteiger partial charge in [0.2, 0.25) is 0 Å². The monoisotopic (exact) mass is 372 g/mol. The molecular formula is C19H17FN2O5. The first-order valence-corrected chi connectivity index (χ1v) is 8.69. The molecule has 0 aromatic heterocycles. The average Bonchev–Trinajstić information content (AvgIpc) is 3.16. The lowest BCUT2D eigenvalue weighted by Gasteiger charge is -2.26. The predicted molar refractivity (Wildman–Crippen MR) is 93.5 cm³/mol. The zero-order valence-electron chi connectivity index (χ0n) is 14.4. The molecule has 140 valence electrons. The van der Waals surface area contributed by atoms with E-state index in [9.17, 15) is 19.3 Å². The molecule has 8 heteroatoms. The fourth-order valence-electron chi connectivity index (χ4n) is 3.62. The summed E-state index contributed by atoms with van der Waals surface area (Å²) in [5.41, 5.74) is 0.239. The van der Waals surface area contributed by atoms with Crippen LogP contribution in [0.15, 0.2) is 36.4 Å². The van der Waals surface area contributed by atoms with E-state index in [1.54, 1.807) is 11.0 Å². The number of hydrogen-bond donors (Lipinski definition) is 0. The summed E-state index contributed by atoms with van der Waals surface area (Å²) in [6.07, 6.45) is 1.47. The highest BCUT2D eigenvalue weighted by atomic mass is 19.1. The van der Waals surface area contributed by atoms with E-state index >= 15 is 0 Å². The van der Waals surface area contributed by atoms with Crippen molar-refractivity contribution in [2.24, 2.45) is 0 Å². The lowest BCUT2D eigenvalue weighted by Crippen LogP contribution is -2.31. The van der Waals surface area contributed by atoms with Crippen molar-refractivity contribution in [2.75, 3.05) is 19.8 Å². The van der Waals surface area contributed by atoms with E-state index in [0.29, 0.717) is 37.7 Å². The molecule has 2 aliphatic rings. The second kappa shape index (κ2) is 6.86. The topological polar surface area (TPSA) is 81.9 Å². The predicted octanol–water partition coefficient (Wildman–Crippen LogP) is 3.48. The number of likely N-dealkylation sites (tertiary alicyclic amines) is 1. The Morgan fingerprint density at radius 2 is 1.93 bits per heavy atom. The molecule has 1 amide bonds. The fraction of sp³-hybridized carbons (Fsp3) is 0.316. The molecule has 4 rings (SSSR count). The van der Waals surface area contributed by atoms with Gasteiger partial charge in [0.25, 0.3) is 11.6 Å². The summed E-state index contributed by atoms with van der Waals surface area (Å²) < 4.78 is 24.8. The van der Waals surface area contributed by atoms with Gasteiger partial charge in [0, 0.05) is 12.6 Å². The van der Waals surface area contributed by atoms with E-state index in [4.69, 9.17) is 9.47 Å². The first kappa shape index (κ1) is 17.3. The highest BCUT2D eigenvalue weighted by Gasteiger charge is 2.34. The van der Waals surface area contributed by atoms with Crippen LogP contribution >= 0.6 is 0 Å². The molecule has 2 aromatic rings. The number of nitrogens with zero attached hydrogens (tertiary/aromatic N) is 2. The molecule has 27 heavy (non-hydrogen) atoms. The fourth-order valence-corrected chi connectivity index (χ4v) is 3.62. The molecule has 0 unspecified atom stereocenters. The maximum absolute atomic E-state index is 13.6. The number of fused-ring (bicyclic) bond motifs is 1. The van der Waals surface area contributed by atoms with Gasteiger partial charge in [0.15, 0.2) is 11.5 Å². The number of carbonyl (C=O) groups excluding carboxylic acids is 1. The highest BCUT2D eigenvalue weighted by Crippen LogP contribution is 2.39. The lowest BCUT2D eigenvalue weighted by atomic mass is 10.0. The van der Waals surface area contributed by atoms with Crippen LogP contribution in [0.1, 0.15) is 34.8 Å². The van der Waals surface area contributed by atoms with Crippen molar-refractivity contribution in [3.63, 3.8) is 0 Å². The molecule has 0 spiro atoms. The minimum absolute atomic E-state index is 0.232. The molecule has 1 fully saturated rings. The van der Waals surface area contributed by atoms with E-state index in [0.717, 1.165) is 30.2 Å². The van der Waals surface area contributed by atoms with Crippen LogP contribution in [0.4, 0.5) is 10.1 Å². The second-order valence-corrected chi connectivity index (χ2v) is 6.48. The Kier molecular flexibility index (Phi) is 4.39. The van der Waals surface area contributed by atoms with Gasteiger partial charge in [0.1, 0.15) is 24.6 Å². The third kappa shape index (κ3) is 3.18. The largest absolute Gasteiger partial charge is 0.486 e. The van der Waals surface area contributed by atoms with Crippen LogP contribution in [0.5, 0.6) is 11.5 Å². The number of nitro groups is 1. The van der Waals surface area contributed by atoms with Crippen LogP contribution < -0.4 is 9.47 Å². The smallest absolute Gasteiger partial charge is 0.282 e. The number of amides is 1. The van der Waals surface area contributed by atoms with Gasteiger partial charge in [0.05, 0.1) is 11.0 Å². The van der Waals surface area contributed by atoms with Gasteiger partial charge in [-0.2, -0.15) is 0 Å². The maximum Gasteiger partial charge on any atom is 0.282 e. The summed E-state index contributed by atoms with van der Waals surface area (Å²) in [5, 5.41) is 11.2. The minimum atomic E-state index is -0.681. The van der Waals surface area contributed by atoms with Crippen molar-refractivity contribution in [2.45, 2.75) is 18.9 Å². The molecule has 0 radical (unpaired) electrons. The van der Waals surface area contributed by atoms with Crippen molar-refractivity contribution in [3.05, 3.63) is 63.5 Å². The molecule has 1 saturated heterocycles. The number of nitro benzene ring substituents is 1. The number of rotatable bonds is 3. The third-order valence-corrected chi connectivity index (χ3v) is 4.85. The van der Waals surface area contributed by atoms with E-state index in [2.05, 4.69) is 0 Å². The summed E-state index contributed by atoms with van der Waals surface area (Å²) in [4.78, 5) is 25.1. The van der Waals surface area contributed by atoms with Gasteiger partial charge >= 0.3 is 0 Å². The van der Waals surface area contributed by atoms with Crippen LogP contribution in [-0.2, 0) is 0 Å². The molecule has 2 aliphatic heterocycles. The van der Waals surface area contributed by atoms with Gasteiger partial charge in [-0.1, -0.05) is 6.07 Å². The number of ether oxygens (including phenoxy) is 2. The molecule has 0 aliphatic carbocycles. The normalized spacial score (nSPS) is 18.4. The lowest BCUT2D eigenvalue weighted by molar-refractivity contribution is -0.385. The maximum atomic E-state index is 13.6.